The van der Waals surface area contributed by atoms with Crippen molar-refractivity contribution in [2.75, 3.05) is 0 Å². The van der Waals surface area contributed by atoms with Crippen molar-refractivity contribution in [1.29, 1.82) is 0 Å². The second-order valence-electron chi connectivity index (χ2n) is 4.16. The number of hydrogen-bond acceptors (Lipinski definition) is 3. The number of hydrogen-bond donors (Lipinski definition) is 0. The van der Waals surface area contributed by atoms with Crippen LogP contribution >= 0.6 is 23.4 Å². The molecule has 0 N–H and O–H groups in total. The zero-order chi connectivity index (χ0) is 14.5. The fourth-order valence-electron chi connectivity index (χ4n) is 1.66. The number of thioether (sulfide) groups is 1. The average molecular weight is 312 g/mol. The maximum absolute atomic E-state index is 13.4. The first-order valence-corrected chi connectivity index (χ1v) is 7.34. The van der Waals surface area contributed by atoms with Crippen molar-refractivity contribution < 1.29 is 9.31 Å². The van der Waals surface area contributed by atoms with Crippen molar-refractivity contribution in [1.82, 2.24) is 0 Å². The number of nitro benzene ring substituents is 1. The molecule has 0 unspecified atom stereocenters. The van der Waals surface area contributed by atoms with Gasteiger partial charge in [-0.2, -0.15) is 16.2 Å². The van der Waals surface area contributed by atoms with Gasteiger partial charge in [0.1, 0.15) is 0 Å². The summed E-state index contributed by atoms with van der Waals surface area (Å²) in [5.74, 6) is 0.576. The summed E-state index contributed by atoms with van der Waals surface area (Å²) >= 11 is 7.40. The first kappa shape index (κ1) is 14.8. The lowest BCUT2D eigenvalue weighted by molar-refractivity contribution is -0.387. The fourth-order valence-corrected chi connectivity index (χ4v) is 2.73. The molecule has 0 radical (unpaired) electrons. The minimum Gasteiger partial charge on any atom is -0.258 e. The summed E-state index contributed by atoms with van der Waals surface area (Å²) in [4.78, 5) is 9.79. The van der Waals surface area contributed by atoms with Crippen molar-refractivity contribution in [2.24, 2.45) is 0 Å². The maximum Gasteiger partial charge on any atom is 0.304 e. The zero-order valence-corrected chi connectivity index (χ0v) is 12.0. The number of nitro groups is 1. The van der Waals surface area contributed by atoms with E-state index in [2.05, 4.69) is 0 Å². The average Bonchev–Trinajstić information content (AvgIpc) is 2.41. The van der Waals surface area contributed by atoms with Gasteiger partial charge in [0.25, 0.3) is 0 Å². The van der Waals surface area contributed by atoms with E-state index >= 15 is 0 Å². The largest absolute Gasteiger partial charge is 0.304 e. The highest BCUT2D eigenvalue weighted by Crippen LogP contribution is 2.23. The molecule has 0 atom stereocenters. The predicted molar refractivity (Wildman–Crippen MR) is 79.5 cm³/mol. The number of nitrogens with zero attached hydrogens (tertiary/aromatic N) is 1. The van der Waals surface area contributed by atoms with Gasteiger partial charge in [0.2, 0.25) is 5.82 Å². The van der Waals surface area contributed by atoms with E-state index in [-0.39, 0.29) is 0 Å². The van der Waals surface area contributed by atoms with E-state index in [4.69, 9.17) is 11.6 Å². The second-order valence-corrected chi connectivity index (χ2v) is 5.58. The van der Waals surface area contributed by atoms with Gasteiger partial charge in [0.15, 0.2) is 0 Å². The third-order valence-corrected chi connectivity index (χ3v) is 3.99. The smallest absolute Gasteiger partial charge is 0.258 e. The summed E-state index contributed by atoms with van der Waals surface area (Å²) in [6.45, 7) is 0. The summed E-state index contributed by atoms with van der Waals surface area (Å²) < 4.78 is 13.4. The van der Waals surface area contributed by atoms with Crippen LogP contribution in [0.4, 0.5) is 10.1 Å². The summed E-state index contributed by atoms with van der Waals surface area (Å²) in [5, 5.41) is 11.2. The van der Waals surface area contributed by atoms with Crippen LogP contribution in [-0.4, -0.2) is 4.92 Å². The Bertz CT molecular complexity index is 619. The van der Waals surface area contributed by atoms with E-state index in [0.29, 0.717) is 10.8 Å². The molecule has 0 aliphatic heterocycles. The topological polar surface area (TPSA) is 43.1 Å². The minimum absolute atomic E-state index is 0.489. The normalized spacial score (nSPS) is 10.5. The Hall–Kier alpha value is -1.59. The molecule has 2 aromatic rings. The van der Waals surface area contributed by atoms with Crippen molar-refractivity contribution >= 4 is 29.1 Å². The van der Waals surface area contributed by atoms with Crippen LogP contribution in [0.5, 0.6) is 0 Å². The molecule has 2 rings (SSSR count). The molecule has 0 fully saturated rings. The highest BCUT2D eigenvalue weighted by molar-refractivity contribution is 7.97. The molecule has 0 saturated carbocycles. The molecule has 0 aliphatic carbocycles. The fraction of sp³-hybridized carbons (Fsp3) is 0.143. The molecule has 104 valence electrons. The molecule has 3 nitrogen and oxygen atoms in total. The van der Waals surface area contributed by atoms with Crippen LogP contribution in [0.25, 0.3) is 0 Å². The Morgan fingerprint density at radius 1 is 1.10 bits per heavy atom. The number of benzene rings is 2. The lowest BCUT2D eigenvalue weighted by Crippen LogP contribution is -1.93. The molecule has 0 amide bonds. The lowest BCUT2D eigenvalue weighted by Gasteiger charge is -2.03. The van der Waals surface area contributed by atoms with Gasteiger partial charge in [-0.3, -0.25) is 10.1 Å². The molecule has 6 heteroatoms. The van der Waals surface area contributed by atoms with Crippen molar-refractivity contribution in [3.8, 4) is 0 Å². The molecule has 2 aromatic carbocycles. The van der Waals surface area contributed by atoms with Crippen LogP contribution < -0.4 is 0 Å². The van der Waals surface area contributed by atoms with Gasteiger partial charge in [-0.25, -0.2) is 0 Å². The SMILES string of the molecule is O=[N+]([O-])c1ccc(CSCc2ccc(Cl)cc2)cc1F. The highest BCUT2D eigenvalue weighted by Gasteiger charge is 2.13. The Labute approximate surface area is 124 Å². The first-order chi connectivity index (χ1) is 9.56. The van der Waals surface area contributed by atoms with Gasteiger partial charge in [0.05, 0.1) is 4.92 Å². The van der Waals surface area contributed by atoms with Crippen LogP contribution in [0.3, 0.4) is 0 Å². The zero-order valence-electron chi connectivity index (χ0n) is 10.4. The Kier molecular flexibility index (Phi) is 4.98. The molecule has 0 heterocycles. The Morgan fingerprint density at radius 3 is 2.30 bits per heavy atom. The van der Waals surface area contributed by atoms with E-state index in [1.807, 2.05) is 24.3 Å². The van der Waals surface area contributed by atoms with Crippen LogP contribution in [-0.2, 0) is 11.5 Å². The van der Waals surface area contributed by atoms with Gasteiger partial charge < -0.3 is 0 Å². The molecule has 0 spiro atoms. The first-order valence-electron chi connectivity index (χ1n) is 5.81. The van der Waals surface area contributed by atoms with E-state index in [1.165, 1.54) is 12.1 Å². The van der Waals surface area contributed by atoms with Gasteiger partial charge >= 0.3 is 5.69 Å². The van der Waals surface area contributed by atoms with Gasteiger partial charge in [-0.15, -0.1) is 0 Å². The van der Waals surface area contributed by atoms with E-state index in [1.54, 1.807) is 17.8 Å². The third kappa shape index (κ3) is 3.95. The summed E-state index contributed by atoms with van der Waals surface area (Å²) in [7, 11) is 0. The minimum atomic E-state index is -0.792. The van der Waals surface area contributed by atoms with Crippen LogP contribution in [0.1, 0.15) is 11.1 Å². The standard InChI is InChI=1S/C14H11ClFNO2S/c15-12-4-1-10(2-5-12)8-20-9-11-3-6-14(17(18)19)13(16)7-11/h1-7H,8-9H2. The molecule has 0 aromatic heterocycles. The molecular formula is C14H11ClFNO2S. The predicted octanol–water partition coefficient (Wildman–Crippen LogP) is 4.82. The van der Waals surface area contributed by atoms with Gasteiger partial charge in [-0.05, 0) is 29.3 Å². The number of rotatable bonds is 5. The van der Waals surface area contributed by atoms with Crippen molar-refractivity contribution in [3.63, 3.8) is 0 Å². The van der Waals surface area contributed by atoms with Crippen molar-refractivity contribution in [3.05, 3.63) is 74.5 Å². The van der Waals surface area contributed by atoms with Crippen LogP contribution in [0.15, 0.2) is 42.5 Å². The Balaban J connectivity index is 1.92. The second kappa shape index (κ2) is 6.72. The lowest BCUT2D eigenvalue weighted by atomic mass is 10.2. The monoisotopic (exact) mass is 311 g/mol. The molecule has 0 saturated heterocycles. The quantitative estimate of drug-likeness (QED) is 0.587. The molecular weight excluding hydrogens is 301 g/mol. The number of halogens is 2. The summed E-state index contributed by atoms with van der Waals surface area (Å²) in [5.41, 5.74) is 1.37. The maximum atomic E-state index is 13.4. The van der Waals surface area contributed by atoms with E-state index in [9.17, 15) is 14.5 Å². The van der Waals surface area contributed by atoms with Gasteiger partial charge in [-0.1, -0.05) is 29.8 Å². The van der Waals surface area contributed by atoms with Gasteiger partial charge in [0, 0.05) is 22.6 Å². The molecule has 0 aliphatic rings. The van der Waals surface area contributed by atoms with Crippen LogP contribution in [0.2, 0.25) is 5.02 Å². The van der Waals surface area contributed by atoms with E-state index in [0.717, 1.165) is 16.9 Å². The van der Waals surface area contributed by atoms with Crippen LogP contribution in [0, 0.1) is 15.9 Å². The molecule has 0 bridgehead atoms. The highest BCUT2D eigenvalue weighted by atomic mass is 35.5. The molecule has 20 heavy (non-hydrogen) atoms. The Morgan fingerprint density at radius 2 is 1.70 bits per heavy atom. The van der Waals surface area contributed by atoms with E-state index < -0.39 is 16.4 Å². The summed E-state index contributed by atoms with van der Waals surface area (Å²) in [6, 6.07) is 11.5. The summed E-state index contributed by atoms with van der Waals surface area (Å²) in [6.07, 6.45) is 0. The van der Waals surface area contributed by atoms with Crippen molar-refractivity contribution in [2.45, 2.75) is 11.5 Å². The third-order valence-electron chi connectivity index (χ3n) is 2.66.